The Bertz CT molecular complexity index is 1300. The molecule has 5 rings (SSSR count). The highest BCUT2D eigenvalue weighted by Gasteiger charge is 2.34. The predicted octanol–water partition coefficient (Wildman–Crippen LogP) is 5.51. The third-order valence-corrected chi connectivity index (χ3v) is 6.00. The summed E-state index contributed by atoms with van der Waals surface area (Å²) in [6.07, 6.45) is 5.84. The molecular weight excluding hydrogens is 436 g/mol. The van der Waals surface area contributed by atoms with Gasteiger partial charge in [0.2, 0.25) is 5.89 Å². The Hall–Kier alpha value is -3.87. The highest BCUT2D eigenvalue weighted by Crippen LogP contribution is 2.33. The topological polar surface area (TPSA) is 59.2 Å². The molecule has 4 aromatic rings. The van der Waals surface area contributed by atoms with Crippen LogP contribution in [0.3, 0.4) is 0 Å². The first-order chi connectivity index (χ1) is 16.5. The van der Waals surface area contributed by atoms with Crippen LogP contribution < -0.4 is 0 Å². The molecule has 1 aliphatic rings. The van der Waals surface area contributed by atoms with E-state index in [0.717, 1.165) is 24.0 Å². The fourth-order valence-corrected chi connectivity index (χ4v) is 4.36. The van der Waals surface area contributed by atoms with Crippen molar-refractivity contribution in [3.63, 3.8) is 0 Å². The molecule has 1 fully saturated rings. The second-order valence-corrected chi connectivity index (χ2v) is 8.47. The lowest BCUT2D eigenvalue weighted by atomic mass is 10.1. The molecule has 2 aromatic carbocycles. The molecule has 7 heteroatoms. The van der Waals surface area contributed by atoms with Gasteiger partial charge in [0.15, 0.2) is 0 Å². The zero-order valence-corrected chi connectivity index (χ0v) is 18.5. The van der Waals surface area contributed by atoms with Gasteiger partial charge in [0.1, 0.15) is 23.4 Å². The van der Waals surface area contributed by atoms with Crippen LogP contribution in [0.1, 0.15) is 57.7 Å². The van der Waals surface area contributed by atoms with Crippen molar-refractivity contribution in [2.75, 3.05) is 6.54 Å². The molecule has 0 aliphatic carbocycles. The monoisotopic (exact) mass is 459 g/mol. The number of likely N-dealkylation sites (tertiary alicyclic amines) is 1. The Morgan fingerprint density at radius 1 is 0.971 bits per heavy atom. The molecule has 0 spiro atoms. The van der Waals surface area contributed by atoms with Crippen molar-refractivity contribution >= 4 is 5.91 Å². The number of nitrogens with zero attached hydrogens (tertiary/aromatic N) is 3. The second-order valence-electron chi connectivity index (χ2n) is 8.47. The summed E-state index contributed by atoms with van der Waals surface area (Å²) in [6, 6.07) is 15.9. The van der Waals surface area contributed by atoms with Crippen molar-refractivity contribution in [2.24, 2.45) is 0 Å². The van der Waals surface area contributed by atoms with Crippen LogP contribution in [-0.4, -0.2) is 27.3 Å². The number of amides is 1. The Balaban J connectivity index is 1.31. The number of halogens is 2. The number of hydrogen-bond acceptors (Lipinski definition) is 4. The number of pyridine rings is 1. The summed E-state index contributed by atoms with van der Waals surface area (Å²) < 4.78 is 32.7. The molecule has 3 heterocycles. The first-order valence-electron chi connectivity index (χ1n) is 11.2. The van der Waals surface area contributed by atoms with E-state index in [0.29, 0.717) is 42.3 Å². The van der Waals surface area contributed by atoms with Crippen LogP contribution >= 0.6 is 0 Å². The van der Waals surface area contributed by atoms with E-state index in [1.54, 1.807) is 47.6 Å². The maximum absolute atomic E-state index is 13.5. The highest BCUT2D eigenvalue weighted by atomic mass is 19.1. The van der Waals surface area contributed by atoms with Crippen LogP contribution in [0.15, 0.2) is 77.5 Å². The molecule has 34 heavy (non-hydrogen) atoms. The fourth-order valence-electron chi connectivity index (χ4n) is 4.36. The van der Waals surface area contributed by atoms with E-state index in [4.69, 9.17) is 4.42 Å². The Morgan fingerprint density at radius 2 is 1.82 bits per heavy atom. The molecule has 0 bridgehead atoms. The van der Waals surface area contributed by atoms with Gasteiger partial charge in [-0.15, -0.1) is 0 Å². The van der Waals surface area contributed by atoms with E-state index >= 15 is 0 Å². The Labute approximate surface area is 196 Å². The number of carbonyl (C=O) groups excluding carboxylic acids is 1. The average molecular weight is 459 g/mol. The SMILES string of the molecule is O=C(c1ccnc(Cc2cccc(F)c2)c1)N1CCCC1c1ncc(Cc2ccc(F)cc2)o1. The van der Waals surface area contributed by atoms with Gasteiger partial charge in [-0.2, -0.15) is 0 Å². The van der Waals surface area contributed by atoms with Crippen molar-refractivity contribution < 1.29 is 18.0 Å². The lowest BCUT2D eigenvalue weighted by molar-refractivity contribution is 0.0714. The lowest BCUT2D eigenvalue weighted by Crippen LogP contribution is -2.30. The number of benzene rings is 2. The van der Waals surface area contributed by atoms with Gasteiger partial charge in [0.05, 0.1) is 6.20 Å². The van der Waals surface area contributed by atoms with Gasteiger partial charge in [0, 0.05) is 36.8 Å². The van der Waals surface area contributed by atoms with E-state index in [-0.39, 0.29) is 23.6 Å². The van der Waals surface area contributed by atoms with Gasteiger partial charge < -0.3 is 9.32 Å². The van der Waals surface area contributed by atoms with E-state index in [1.807, 2.05) is 6.07 Å². The summed E-state index contributed by atoms with van der Waals surface area (Å²) in [5.41, 5.74) is 2.95. The lowest BCUT2D eigenvalue weighted by Gasteiger charge is -2.22. The highest BCUT2D eigenvalue weighted by molar-refractivity contribution is 5.94. The van der Waals surface area contributed by atoms with Gasteiger partial charge in [-0.25, -0.2) is 13.8 Å². The minimum absolute atomic E-state index is 0.108. The molecule has 1 aliphatic heterocycles. The molecule has 0 N–H and O–H groups in total. The van der Waals surface area contributed by atoms with Crippen LogP contribution in [0.2, 0.25) is 0 Å². The van der Waals surface area contributed by atoms with Crippen LogP contribution in [0.4, 0.5) is 8.78 Å². The van der Waals surface area contributed by atoms with Gasteiger partial charge >= 0.3 is 0 Å². The average Bonchev–Trinajstić information content (AvgIpc) is 3.50. The van der Waals surface area contributed by atoms with E-state index in [1.165, 1.54) is 24.3 Å². The van der Waals surface area contributed by atoms with E-state index in [9.17, 15) is 13.6 Å². The third-order valence-electron chi connectivity index (χ3n) is 6.00. The third kappa shape index (κ3) is 4.88. The van der Waals surface area contributed by atoms with E-state index < -0.39 is 0 Å². The van der Waals surface area contributed by atoms with Crippen LogP contribution in [0, 0.1) is 11.6 Å². The van der Waals surface area contributed by atoms with Gasteiger partial charge in [0.25, 0.3) is 5.91 Å². The van der Waals surface area contributed by atoms with Crippen molar-refractivity contribution in [2.45, 2.75) is 31.7 Å². The van der Waals surface area contributed by atoms with Gasteiger partial charge in [-0.3, -0.25) is 9.78 Å². The quantitative estimate of drug-likeness (QED) is 0.382. The smallest absolute Gasteiger partial charge is 0.254 e. The number of aromatic nitrogens is 2. The zero-order valence-electron chi connectivity index (χ0n) is 18.5. The minimum Gasteiger partial charge on any atom is -0.443 e. The Kier molecular flexibility index (Phi) is 6.16. The van der Waals surface area contributed by atoms with Crippen molar-refractivity contribution in [3.8, 4) is 0 Å². The molecule has 1 unspecified atom stereocenters. The first-order valence-corrected chi connectivity index (χ1v) is 11.2. The molecule has 2 aromatic heterocycles. The van der Waals surface area contributed by atoms with Crippen LogP contribution in [0.5, 0.6) is 0 Å². The first kappa shape index (κ1) is 21.9. The number of carbonyl (C=O) groups is 1. The van der Waals surface area contributed by atoms with Crippen molar-refractivity contribution in [1.82, 2.24) is 14.9 Å². The summed E-state index contributed by atoms with van der Waals surface area (Å²) >= 11 is 0. The molecule has 1 atom stereocenters. The Morgan fingerprint density at radius 3 is 2.65 bits per heavy atom. The maximum atomic E-state index is 13.5. The maximum Gasteiger partial charge on any atom is 0.254 e. The molecule has 0 saturated carbocycles. The largest absolute Gasteiger partial charge is 0.443 e. The summed E-state index contributed by atoms with van der Waals surface area (Å²) in [7, 11) is 0. The predicted molar refractivity (Wildman–Crippen MR) is 122 cm³/mol. The van der Waals surface area contributed by atoms with Crippen molar-refractivity contribution in [3.05, 3.63) is 119 Å². The molecule has 172 valence electrons. The summed E-state index contributed by atoms with van der Waals surface area (Å²) in [5, 5.41) is 0. The molecule has 5 nitrogen and oxygen atoms in total. The van der Waals surface area contributed by atoms with Crippen LogP contribution in [-0.2, 0) is 12.8 Å². The van der Waals surface area contributed by atoms with Crippen LogP contribution in [0.25, 0.3) is 0 Å². The zero-order chi connectivity index (χ0) is 23.5. The van der Waals surface area contributed by atoms with Crippen molar-refractivity contribution in [1.29, 1.82) is 0 Å². The standard InChI is InChI=1S/C27H23F2N3O2/c28-21-8-6-18(7-9-21)15-24-17-31-26(34-24)25-5-2-12-32(25)27(33)20-10-11-30-23(16-20)14-19-3-1-4-22(29)13-19/h1,3-4,6-11,13,16-17,25H,2,5,12,14-15H2. The van der Waals surface area contributed by atoms with Gasteiger partial charge in [-0.05, 0) is 60.4 Å². The number of rotatable bonds is 6. The van der Waals surface area contributed by atoms with Gasteiger partial charge in [-0.1, -0.05) is 24.3 Å². The fraction of sp³-hybridized carbons (Fsp3) is 0.222. The molecule has 1 saturated heterocycles. The van der Waals surface area contributed by atoms with E-state index in [2.05, 4.69) is 9.97 Å². The second kappa shape index (κ2) is 9.55. The number of oxazole rings is 1. The molecule has 0 radical (unpaired) electrons. The number of hydrogen-bond donors (Lipinski definition) is 0. The summed E-state index contributed by atoms with van der Waals surface area (Å²) in [5.74, 6) is 0.495. The minimum atomic E-state index is -0.297. The summed E-state index contributed by atoms with van der Waals surface area (Å²) in [6.45, 7) is 0.612. The summed E-state index contributed by atoms with van der Waals surface area (Å²) in [4.78, 5) is 23.9. The normalized spacial score (nSPS) is 15.6. The molecule has 1 amide bonds. The molecular formula is C27H23F2N3O2.